The first kappa shape index (κ1) is 15.2. The van der Waals surface area contributed by atoms with Crippen LogP contribution in [0.2, 0.25) is 0 Å². The van der Waals surface area contributed by atoms with E-state index in [9.17, 15) is 5.11 Å². The zero-order chi connectivity index (χ0) is 13.8. The third kappa shape index (κ3) is 4.11. The van der Waals surface area contributed by atoms with Crippen LogP contribution in [0.1, 0.15) is 62.8 Å². The molecule has 0 spiro atoms. The van der Waals surface area contributed by atoms with Crippen molar-refractivity contribution in [2.45, 2.75) is 58.5 Å². The smallest absolute Gasteiger partial charge is 0.0792 e. The SMILES string of the molecule is Cc1ccc(C(C)(C)C)cc1C(O)CCCCO. The molecule has 18 heavy (non-hydrogen) atoms. The molecule has 0 radical (unpaired) electrons. The van der Waals surface area contributed by atoms with Gasteiger partial charge in [0.2, 0.25) is 0 Å². The normalized spacial score (nSPS) is 13.7. The molecule has 1 aromatic carbocycles. The Balaban J connectivity index is 2.86. The Labute approximate surface area is 111 Å². The monoisotopic (exact) mass is 250 g/mol. The van der Waals surface area contributed by atoms with E-state index in [1.807, 2.05) is 6.92 Å². The van der Waals surface area contributed by atoms with Crippen LogP contribution in [0.15, 0.2) is 18.2 Å². The van der Waals surface area contributed by atoms with E-state index < -0.39 is 6.10 Å². The van der Waals surface area contributed by atoms with Crippen molar-refractivity contribution in [1.29, 1.82) is 0 Å². The van der Waals surface area contributed by atoms with Crippen molar-refractivity contribution in [1.82, 2.24) is 0 Å². The lowest BCUT2D eigenvalue weighted by atomic mass is 9.84. The zero-order valence-corrected chi connectivity index (χ0v) is 12.0. The highest BCUT2D eigenvalue weighted by molar-refractivity contribution is 5.35. The van der Waals surface area contributed by atoms with E-state index in [0.717, 1.165) is 30.4 Å². The van der Waals surface area contributed by atoms with Gasteiger partial charge in [-0.15, -0.1) is 0 Å². The highest BCUT2D eigenvalue weighted by atomic mass is 16.3. The van der Waals surface area contributed by atoms with Crippen molar-refractivity contribution in [2.24, 2.45) is 0 Å². The molecule has 2 nitrogen and oxygen atoms in total. The number of unbranched alkanes of at least 4 members (excludes halogenated alkanes) is 1. The van der Waals surface area contributed by atoms with Gasteiger partial charge >= 0.3 is 0 Å². The van der Waals surface area contributed by atoms with E-state index in [2.05, 4.69) is 39.0 Å². The summed E-state index contributed by atoms with van der Waals surface area (Å²) < 4.78 is 0. The van der Waals surface area contributed by atoms with Gasteiger partial charge in [-0.05, 0) is 48.3 Å². The molecule has 0 bridgehead atoms. The van der Waals surface area contributed by atoms with E-state index in [1.54, 1.807) is 0 Å². The van der Waals surface area contributed by atoms with Gasteiger partial charge in [-0.2, -0.15) is 0 Å². The first-order valence-corrected chi connectivity index (χ1v) is 6.76. The fourth-order valence-electron chi connectivity index (χ4n) is 2.07. The highest BCUT2D eigenvalue weighted by Gasteiger charge is 2.17. The summed E-state index contributed by atoms with van der Waals surface area (Å²) in [4.78, 5) is 0. The maximum atomic E-state index is 10.2. The molecule has 102 valence electrons. The maximum absolute atomic E-state index is 10.2. The van der Waals surface area contributed by atoms with E-state index in [0.29, 0.717) is 0 Å². The molecule has 2 N–H and O–H groups in total. The van der Waals surface area contributed by atoms with Crippen LogP contribution in [-0.2, 0) is 5.41 Å². The summed E-state index contributed by atoms with van der Waals surface area (Å²) in [6.07, 6.45) is 1.92. The van der Waals surface area contributed by atoms with Crippen molar-refractivity contribution >= 4 is 0 Å². The van der Waals surface area contributed by atoms with Crippen LogP contribution in [-0.4, -0.2) is 16.8 Å². The van der Waals surface area contributed by atoms with Crippen LogP contribution >= 0.6 is 0 Å². The first-order valence-electron chi connectivity index (χ1n) is 6.76. The molecule has 0 saturated carbocycles. The molecule has 0 aliphatic rings. The van der Waals surface area contributed by atoms with Crippen LogP contribution in [0.25, 0.3) is 0 Å². The van der Waals surface area contributed by atoms with Gasteiger partial charge in [-0.25, -0.2) is 0 Å². The Morgan fingerprint density at radius 1 is 1.17 bits per heavy atom. The number of aliphatic hydroxyl groups is 2. The second-order valence-electron chi connectivity index (χ2n) is 6.06. The Hall–Kier alpha value is -0.860. The number of aryl methyl sites for hydroxylation is 1. The van der Waals surface area contributed by atoms with E-state index in [-0.39, 0.29) is 12.0 Å². The minimum Gasteiger partial charge on any atom is -0.396 e. The Kier molecular flexibility index (Phi) is 5.36. The van der Waals surface area contributed by atoms with Gasteiger partial charge in [0.25, 0.3) is 0 Å². The number of rotatable bonds is 5. The molecule has 0 fully saturated rings. The molecule has 1 atom stereocenters. The fraction of sp³-hybridized carbons (Fsp3) is 0.625. The average Bonchev–Trinajstić information content (AvgIpc) is 2.28. The maximum Gasteiger partial charge on any atom is 0.0792 e. The Morgan fingerprint density at radius 2 is 1.83 bits per heavy atom. The van der Waals surface area contributed by atoms with E-state index >= 15 is 0 Å². The van der Waals surface area contributed by atoms with Crippen LogP contribution in [0, 0.1) is 6.92 Å². The summed E-state index contributed by atoms with van der Waals surface area (Å²) in [5.74, 6) is 0. The predicted molar refractivity (Wildman–Crippen MR) is 75.8 cm³/mol. The summed E-state index contributed by atoms with van der Waals surface area (Å²) in [6.45, 7) is 8.78. The largest absolute Gasteiger partial charge is 0.396 e. The molecule has 1 rings (SSSR count). The molecule has 0 heterocycles. The molecule has 2 heteroatoms. The van der Waals surface area contributed by atoms with Gasteiger partial charge in [0.1, 0.15) is 0 Å². The lowest BCUT2D eigenvalue weighted by molar-refractivity contribution is 0.158. The molecular weight excluding hydrogens is 224 g/mol. The molecule has 0 aliphatic heterocycles. The summed E-state index contributed by atoms with van der Waals surface area (Å²) in [5.41, 5.74) is 3.52. The number of aliphatic hydroxyl groups excluding tert-OH is 2. The van der Waals surface area contributed by atoms with Crippen LogP contribution in [0.4, 0.5) is 0 Å². The minimum absolute atomic E-state index is 0.104. The second-order valence-corrected chi connectivity index (χ2v) is 6.06. The van der Waals surface area contributed by atoms with Crippen molar-refractivity contribution < 1.29 is 10.2 Å². The number of benzene rings is 1. The number of hydrogen-bond acceptors (Lipinski definition) is 2. The fourth-order valence-corrected chi connectivity index (χ4v) is 2.07. The molecule has 0 aromatic heterocycles. The van der Waals surface area contributed by atoms with Crippen molar-refractivity contribution in [3.8, 4) is 0 Å². The molecule has 0 aliphatic carbocycles. The molecule has 0 saturated heterocycles. The van der Waals surface area contributed by atoms with Gasteiger partial charge in [0, 0.05) is 6.61 Å². The van der Waals surface area contributed by atoms with Gasteiger partial charge in [-0.1, -0.05) is 39.0 Å². The standard InChI is InChI=1S/C16H26O2/c1-12-8-9-13(16(2,3)4)11-14(12)15(18)7-5-6-10-17/h8-9,11,15,17-18H,5-7,10H2,1-4H3. The first-order chi connectivity index (χ1) is 8.36. The van der Waals surface area contributed by atoms with E-state index in [1.165, 1.54) is 5.56 Å². The minimum atomic E-state index is -0.418. The summed E-state index contributed by atoms with van der Waals surface area (Å²) in [7, 11) is 0. The summed E-state index contributed by atoms with van der Waals surface area (Å²) in [6, 6.07) is 6.35. The van der Waals surface area contributed by atoms with Gasteiger partial charge in [-0.3, -0.25) is 0 Å². The molecule has 1 unspecified atom stereocenters. The molecule has 0 amide bonds. The van der Waals surface area contributed by atoms with Crippen LogP contribution in [0.3, 0.4) is 0 Å². The second kappa shape index (κ2) is 6.35. The highest BCUT2D eigenvalue weighted by Crippen LogP contribution is 2.29. The predicted octanol–water partition coefficient (Wildman–Crippen LogP) is 3.49. The van der Waals surface area contributed by atoms with E-state index in [4.69, 9.17) is 5.11 Å². The van der Waals surface area contributed by atoms with Gasteiger partial charge in [0.05, 0.1) is 6.10 Å². The quantitative estimate of drug-likeness (QED) is 0.785. The van der Waals surface area contributed by atoms with Crippen molar-refractivity contribution in [2.75, 3.05) is 6.61 Å². The zero-order valence-electron chi connectivity index (χ0n) is 12.0. The van der Waals surface area contributed by atoms with Crippen LogP contribution in [0.5, 0.6) is 0 Å². The van der Waals surface area contributed by atoms with Crippen molar-refractivity contribution in [3.63, 3.8) is 0 Å². The summed E-state index contributed by atoms with van der Waals surface area (Å²) >= 11 is 0. The number of hydrogen-bond donors (Lipinski definition) is 2. The Bertz CT molecular complexity index is 377. The molecular formula is C16H26O2. The lowest BCUT2D eigenvalue weighted by Gasteiger charge is -2.22. The van der Waals surface area contributed by atoms with Crippen LogP contribution < -0.4 is 0 Å². The average molecular weight is 250 g/mol. The van der Waals surface area contributed by atoms with Crippen molar-refractivity contribution in [3.05, 3.63) is 34.9 Å². The van der Waals surface area contributed by atoms with Gasteiger partial charge in [0.15, 0.2) is 0 Å². The lowest BCUT2D eigenvalue weighted by Crippen LogP contribution is -2.12. The topological polar surface area (TPSA) is 40.5 Å². The summed E-state index contributed by atoms with van der Waals surface area (Å²) in [5, 5.41) is 19.0. The molecule has 1 aromatic rings. The van der Waals surface area contributed by atoms with Gasteiger partial charge < -0.3 is 10.2 Å². The third-order valence-corrected chi connectivity index (χ3v) is 3.39. The Morgan fingerprint density at radius 3 is 2.39 bits per heavy atom. The third-order valence-electron chi connectivity index (χ3n) is 3.39.